The average Bonchev–Trinajstić information content (AvgIpc) is 2.57. The van der Waals surface area contributed by atoms with Gasteiger partial charge in [-0.05, 0) is 49.2 Å². The fraction of sp³-hybridized carbons (Fsp3) is 0.667. The highest BCUT2D eigenvalue weighted by molar-refractivity contribution is 7.99. The first-order chi connectivity index (χ1) is 10.4. The van der Waals surface area contributed by atoms with Crippen LogP contribution in [0.15, 0.2) is 30.3 Å². The molecule has 0 bridgehead atoms. The van der Waals surface area contributed by atoms with Crippen LogP contribution in [-0.4, -0.2) is 48.2 Å². The Morgan fingerprint density at radius 3 is 2.76 bits per heavy atom. The summed E-state index contributed by atoms with van der Waals surface area (Å²) in [6.45, 7) is 3.23. The van der Waals surface area contributed by atoms with Crippen molar-refractivity contribution >= 4 is 11.8 Å². The molecule has 0 amide bonds. The molecule has 2 fully saturated rings. The molecule has 3 heteroatoms. The second-order valence-electron chi connectivity index (χ2n) is 6.21. The van der Waals surface area contributed by atoms with Crippen LogP contribution >= 0.6 is 11.8 Å². The van der Waals surface area contributed by atoms with E-state index in [0.717, 1.165) is 25.7 Å². The highest BCUT2D eigenvalue weighted by Gasteiger charge is 2.27. The average molecular weight is 305 g/mol. The van der Waals surface area contributed by atoms with Gasteiger partial charge in [-0.3, -0.25) is 4.90 Å². The Kier molecular flexibility index (Phi) is 6.02. The summed E-state index contributed by atoms with van der Waals surface area (Å²) in [7, 11) is 0. The largest absolute Gasteiger partial charge is 0.376 e. The minimum atomic E-state index is 0.456. The molecule has 21 heavy (non-hydrogen) atoms. The monoisotopic (exact) mass is 305 g/mol. The van der Waals surface area contributed by atoms with Gasteiger partial charge in [-0.25, -0.2) is 0 Å². The van der Waals surface area contributed by atoms with Crippen LogP contribution in [0.5, 0.6) is 0 Å². The van der Waals surface area contributed by atoms with Crippen molar-refractivity contribution in [1.82, 2.24) is 4.90 Å². The first kappa shape index (κ1) is 15.4. The quantitative estimate of drug-likeness (QED) is 0.824. The van der Waals surface area contributed by atoms with E-state index in [-0.39, 0.29) is 0 Å². The van der Waals surface area contributed by atoms with E-state index in [1.807, 2.05) is 0 Å². The molecule has 2 nitrogen and oxygen atoms in total. The lowest BCUT2D eigenvalue weighted by Gasteiger charge is -2.39. The van der Waals surface area contributed by atoms with Crippen molar-refractivity contribution in [1.29, 1.82) is 0 Å². The fourth-order valence-electron chi connectivity index (χ4n) is 3.48. The van der Waals surface area contributed by atoms with Crippen LogP contribution in [0.25, 0.3) is 0 Å². The smallest absolute Gasteiger partial charge is 0.0702 e. The molecule has 0 spiro atoms. The lowest BCUT2D eigenvalue weighted by molar-refractivity contribution is -0.0481. The maximum atomic E-state index is 5.99. The molecule has 2 aliphatic rings. The number of morpholine rings is 1. The third-order valence-electron chi connectivity index (χ3n) is 4.71. The second kappa shape index (κ2) is 8.21. The summed E-state index contributed by atoms with van der Waals surface area (Å²) in [4.78, 5) is 2.70. The van der Waals surface area contributed by atoms with Gasteiger partial charge in [-0.1, -0.05) is 30.3 Å². The third kappa shape index (κ3) is 4.73. The Labute approximate surface area is 133 Å². The van der Waals surface area contributed by atoms with E-state index >= 15 is 0 Å². The molecule has 2 saturated heterocycles. The molecular formula is C18H27NOS. The first-order valence-electron chi connectivity index (χ1n) is 8.39. The molecule has 2 heterocycles. The van der Waals surface area contributed by atoms with Crippen molar-refractivity contribution in [3.8, 4) is 0 Å². The molecule has 1 aromatic carbocycles. The molecule has 0 N–H and O–H groups in total. The Bertz CT molecular complexity index is 405. The zero-order valence-corrected chi connectivity index (χ0v) is 13.7. The number of nitrogens with zero attached hydrogens (tertiary/aromatic N) is 1. The van der Waals surface area contributed by atoms with Crippen molar-refractivity contribution in [2.75, 3.05) is 31.2 Å². The number of aryl methyl sites for hydroxylation is 1. The Hall–Kier alpha value is -0.510. The molecule has 3 rings (SSSR count). The SMILES string of the molecule is c1ccc(CCC[C@@H]2CN(C3CCSCC3)CCO2)cc1. The number of thioether (sulfide) groups is 1. The van der Waals surface area contributed by atoms with Crippen molar-refractivity contribution in [3.05, 3.63) is 35.9 Å². The van der Waals surface area contributed by atoms with Crippen molar-refractivity contribution in [2.24, 2.45) is 0 Å². The summed E-state index contributed by atoms with van der Waals surface area (Å²) >= 11 is 2.12. The van der Waals surface area contributed by atoms with E-state index in [2.05, 4.69) is 47.0 Å². The van der Waals surface area contributed by atoms with Crippen LogP contribution in [0.4, 0.5) is 0 Å². The van der Waals surface area contributed by atoms with Crippen LogP contribution in [0.2, 0.25) is 0 Å². The van der Waals surface area contributed by atoms with Crippen LogP contribution in [0.3, 0.4) is 0 Å². The molecule has 116 valence electrons. The van der Waals surface area contributed by atoms with Crippen LogP contribution < -0.4 is 0 Å². The van der Waals surface area contributed by atoms with Crippen LogP contribution in [-0.2, 0) is 11.2 Å². The maximum absolute atomic E-state index is 5.99. The summed E-state index contributed by atoms with van der Waals surface area (Å²) < 4.78 is 5.99. The highest BCUT2D eigenvalue weighted by atomic mass is 32.2. The highest BCUT2D eigenvalue weighted by Crippen LogP contribution is 2.24. The van der Waals surface area contributed by atoms with E-state index in [0.29, 0.717) is 6.10 Å². The van der Waals surface area contributed by atoms with E-state index in [9.17, 15) is 0 Å². The number of rotatable bonds is 5. The minimum Gasteiger partial charge on any atom is -0.376 e. The van der Waals surface area contributed by atoms with E-state index in [1.54, 1.807) is 0 Å². The summed E-state index contributed by atoms with van der Waals surface area (Å²) in [5.41, 5.74) is 1.45. The van der Waals surface area contributed by atoms with Gasteiger partial charge in [-0.15, -0.1) is 0 Å². The predicted molar refractivity (Wildman–Crippen MR) is 91.0 cm³/mol. The van der Waals surface area contributed by atoms with Crippen molar-refractivity contribution in [2.45, 2.75) is 44.2 Å². The number of benzene rings is 1. The zero-order chi connectivity index (χ0) is 14.3. The van der Waals surface area contributed by atoms with E-state index in [4.69, 9.17) is 4.74 Å². The van der Waals surface area contributed by atoms with E-state index in [1.165, 1.54) is 49.2 Å². The molecular weight excluding hydrogens is 278 g/mol. The Morgan fingerprint density at radius 2 is 1.95 bits per heavy atom. The Morgan fingerprint density at radius 1 is 1.14 bits per heavy atom. The summed E-state index contributed by atoms with van der Waals surface area (Å²) in [6, 6.07) is 11.6. The van der Waals surface area contributed by atoms with Crippen LogP contribution in [0.1, 0.15) is 31.2 Å². The van der Waals surface area contributed by atoms with Gasteiger partial charge in [0.05, 0.1) is 12.7 Å². The number of hydrogen-bond donors (Lipinski definition) is 0. The maximum Gasteiger partial charge on any atom is 0.0702 e. The van der Waals surface area contributed by atoms with Gasteiger partial charge in [0.25, 0.3) is 0 Å². The topological polar surface area (TPSA) is 12.5 Å². The lowest BCUT2D eigenvalue weighted by Crippen LogP contribution is -2.48. The summed E-state index contributed by atoms with van der Waals surface area (Å²) in [6.07, 6.45) is 6.83. The molecule has 1 aromatic rings. The van der Waals surface area contributed by atoms with Gasteiger partial charge >= 0.3 is 0 Å². The zero-order valence-electron chi connectivity index (χ0n) is 12.9. The van der Waals surface area contributed by atoms with Gasteiger partial charge < -0.3 is 4.74 Å². The van der Waals surface area contributed by atoms with Gasteiger partial charge in [0.2, 0.25) is 0 Å². The molecule has 0 radical (unpaired) electrons. The van der Waals surface area contributed by atoms with E-state index < -0.39 is 0 Å². The standard InChI is InChI=1S/C18H27NOS/c1-2-5-16(6-3-1)7-4-8-18-15-19(11-12-20-18)17-9-13-21-14-10-17/h1-3,5-6,17-18H,4,7-15H2/t18-/m1/s1. The van der Waals surface area contributed by atoms with Gasteiger partial charge in [0.15, 0.2) is 0 Å². The van der Waals surface area contributed by atoms with Gasteiger partial charge in [0, 0.05) is 19.1 Å². The molecule has 0 unspecified atom stereocenters. The molecule has 2 aliphatic heterocycles. The van der Waals surface area contributed by atoms with Gasteiger partial charge in [-0.2, -0.15) is 11.8 Å². The Balaban J connectivity index is 1.41. The minimum absolute atomic E-state index is 0.456. The molecule has 0 aliphatic carbocycles. The van der Waals surface area contributed by atoms with Crippen LogP contribution in [0, 0.1) is 0 Å². The normalized spacial score (nSPS) is 25.0. The second-order valence-corrected chi connectivity index (χ2v) is 7.43. The third-order valence-corrected chi connectivity index (χ3v) is 5.76. The molecule has 0 aromatic heterocycles. The van der Waals surface area contributed by atoms with Crippen molar-refractivity contribution in [3.63, 3.8) is 0 Å². The van der Waals surface area contributed by atoms with Crippen molar-refractivity contribution < 1.29 is 4.74 Å². The number of hydrogen-bond acceptors (Lipinski definition) is 3. The lowest BCUT2D eigenvalue weighted by atomic mass is 10.0. The molecule has 1 atom stereocenters. The fourth-order valence-corrected chi connectivity index (χ4v) is 4.56. The number of ether oxygens (including phenoxy) is 1. The first-order valence-corrected chi connectivity index (χ1v) is 9.54. The molecule has 0 saturated carbocycles. The summed E-state index contributed by atoms with van der Waals surface area (Å²) in [5, 5.41) is 0. The predicted octanol–water partition coefficient (Wildman–Crippen LogP) is 3.61. The summed E-state index contributed by atoms with van der Waals surface area (Å²) in [5.74, 6) is 2.70. The van der Waals surface area contributed by atoms with Gasteiger partial charge in [0.1, 0.15) is 0 Å².